The topological polar surface area (TPSA) is 33.2 Å². The summed E-state index contributed by atoms with van der Waals surface area (Å²) in [6.45, 7) is 6.46. The summed E-state index contributed by atoms with van der Waals surface area (Å²) in [4.78, 5) is 19.2. The largest absolute Gasteiger partial charge is 0.280 e. The van der Waals surface area contributed by atoms with E-state index in [1.807, 2.05) is 37.3 Å². The van der Waals surface area contributed by atoms with Gasteiger partial charge in [-0.05, 0) is 53.6 Å². The van der Waals surface area contributed by atoms with Gasteiger partial charge in [-0.1, -0.05) is 81.4 Å². The second-order valence-corrected chi connectivity index (χ2v) is 8.89. The Morgan fingerprint density at radius 3 is 2.28 bits per heavy atom. The molecular formula is C29H30N2O. The molecule has 162 valence electrons. The summed E-state index contributed by atoms with van der Waals surface area (Å²) in [6, 6.07) is 29.1. The highest BCUT2D eigenvalue weighted by Gasteiger charge is 2.22. The Bertz CT molecular complexity index is 1200. The normalized spacial score (nSPS) is 11.5. The number of carbonyl (C=O) groups excluding carboxylic acids is 1. The number of anilines is 2. The fourth-order valence-corrected chi connectivity index (χ4v) is 4.08. The number of hydrogen-bond donors (Lipinski definition) is 0. The van der Waals surface area contributed by atoms with Crippen molar-refractivity contribution in [1.82, 2.24) is 4.98 Å². The summed E-state index contributed by atoms with van der Waals surface area (Å²) in [5.41, 5.74) is 5.27. The summed E-state index contributed by atoms with van der Waals surface area (Å²) in [5.74, 6) is 0.0539. The molecule has 1 heterocycles. The van der Waals surface area contributed by atoms with Gasteiger partial charge in [-0.2, -0.15) is 0 Å². The summed E-state index contributed by atoms with van der Waals surface area (Å²) in [6.07, 6.45) is 4.31. The number of para-hydroxylation sites is 1. The highest BCUT2D eigenvalue weighted by atomic mass is 16.2. The molecule has 1 aromatic heterocycles. The molecule has 0 aliphatic heterocycles. The average molecular weight is 423 g/mol. The lowest BCUT2D eigenvalue weighted by Crippen LogP contribution is -2.25. The number of fused-ring (bicyclic) bond motifs is 1. The van der Waals surface area contributed by atoms with Gasteiger partial charge in [0.15, 0.2) is 0 Å². The van der Waals surface area contributed by atoms with E-state index < -0.39 is 0 Å². The van der Waals surface area contributed by atoms with Crippen molar-refractivity contribution in [2.24, 2.45) is 0 Å². The minimum atomic E-state index is 0.0402. The van der Waals surface area contributed by atoms with Crippen LogP contribution in [0.25, 0.3) is 10.9 Å². The van der Waals surface area contributed by atoms with Crippen LogP contribution in [0, 0.1) is 0 Å². The predicted octanol–water partition coefficient (Wildman–Crippen LogP) is 7.22. The van der Waals surface area contributed by atoms with Crippen LogP contribution >= 0.6 is 0 Å². The second kappa shape index (κ2) is 9.35. The molecule has 0 spiro atoms. The lowest BCUT2D eigenvalue weighted by atomic mass is 9.79. The molecule has 0 fully saturated rings. The summed E-state index contributed by atoms with van der Waals surface area (Å²) in [5, 5.41) is 1.03. The van der Waals surface area contributed by atoms with E-state index in [1.165, 1.54) is 11.1 Å². The molecule has 1 amide bonds. The van der Waals surface area contributed by atoms with E-state index >= 15 is 0 Å². The van der Waals surface area contributed by atoms with Gasteiger partial charge in [-0.25, -0.2) is 0 Å². The third-order valence-electron chi connectivity index (χ3n) is 6.17. The van der Waals surface area contributed by atoms with Gasteiger partial charge < -0.3 is 0 Å². The maximum Gasteiger partial charge on any atom is 0.231 e. The van der Waals surface area contributed by atoms with Gasteiger partial charge in [0.1, 0.15) is 0 Å². The van der Waals surface area contributed by atoms with Crippen LogP contribution in [0.2, 0.25) is 0 Å². The third kappa shape index (κ3) is 4.72. The maximum absolute atomic E-state index is 12.9. The van der Waals surface area contributed by atoms with Crippen molar-refractivity contribution in [3.8, 4) is 0 Å². The van der Waals surface area contributed by atoms with Crippen LogP contribution in [0.4, 0.5) is 11.4 Å². The van der Waals surface area contributed by atoms with E-state index in [9.17, 15) is 4.79 Å². The first-order chi connectivity index (χ1) is 15.5. The average Bonchev–Trinajstić information content (AvgIpc) is 2.84. The first-order valence-corrected chi connectivity index (χ1v) is 11.3. The Hall–Kier alpha value is -3.46. The van der Waals surface area contributed by atoms with E-state index in [0.29, 0.717) is 6.42 Å². The summed E-state index contributed by atoms with van der Waals surface area (Å²) in [7, 11) is 0. The monoisotopic (exact) mass is 422 g/mol. The van der Waals surface area contributed by atoms with Crippen molar-refractivity contribution in [2.45, 2.75) is 45.4 Å². The van der Waals surface area contributed by atoms with Crippen LogP contribution in [-0.4, -0.2) is 10.9 Å². The van der Waals surface area contributed by atoms with Crippen LogP contribution < -0.4 is 4.90 Å². The van der Waals surface area contributed by atoms with Crippen LogP contribution in [0.3, 0.4) is 0 Å². The molecule has 0 aliphatic rings. The lowest BCUT2D eigenvalue weighted by Gasteiger charge is -2.27. The quantitative estimate of drug-likeness (QED) is 0.315. The molecule has 4 aromatic rings. The van der Waals surface area contributed by atoms with Gasteiger partial charge in [-0.15, -0.1) is 0 Å². The lowest BCUT2D eigenvalue weighted by molar-refractivity contribution is -0.117. The molecule has 0 aliphatic carbocycles. The van der Waals surface area contributed by atoms with Crippen molar-refractivity contribution >= 4 is 28.2 Å². The van der Waals surface area contributed by atoms with E-state index in [-0.39, 0.29) is 11.3 Å². The Morgan fingerprint density at radius 1 is 0.875 bits per heavy atom. The molecule has 0 saturated carbocycles. The SMILES string of the molecule is CCC(=O)N(c1ccc(C(C)(C)CCc2ccccc2)cc1)c1cnc2ccccc2c1. The summed E-state index contributed by atoms with van der Waals surface area (Å²) < 4.78 is 0. The van der Waals surface area contributed by atoms with Gasteiger partial charge in [-0.3, -0.25) is 14.7 Å². The zero-order chi connectivity index (χ0) is 22.6. The fourth-order valence-electron chi connectivity index (χ4n) is 4.08. The Morgan fingerprint density at radius 2 is 1.56 bits per heavy atom. The van der Waals surface area contributed by atoms with Crippen LogP contribution in [0.5, 0.6) is 0 Å². The van der Waals surface area contributed by atoms with Crippen molar-refractivity contribution in [3.05, 3.63) is 102 Å². The predicted molar refractivity (Wildman–Crippen MR) is 133 cm³/mol. The second-order valence-electron chi connectivity index (χ2n) is 8.89. The van der Waals surface area contributed by atoms with Crippen molar-refractivity contribution in [2.75, 3.05) is 4.90 Å². The van der Waals surface area contributed by atoms with Crippen molar-refractivity contribution < 1.29 is 4.79 Å². The Kier molecular flexibility index (Phi) is 6.36. The Labute approximate surface area is 190 Å². The molecule has 0 saturated heterocycles. The molecular weight excluding hydrogens is 392 g/mol. The minimum Gasteiger partial charge on any atom is -0.280 e. The highest BCUT2D eigenvalue weighted by molar-refractivity contribution is 6.01. The van der Waals surface area contributed by atoms with Crippen molar-refractivity contribution in [3.63, 3.8) is 0 Å². The van der Waals surface area contributed by atoms with E-state index in [2.05, 4.69) is 73.4 Å². The maximum atomic E-state index is 12.9. The van der Waals surface area contributed by atoms with E-state index in [0.717, 1.165) is 35.1 Å². The number of aromatic nitrogens is 1. The molecule has 32 heavy (non-hydrogen) atoms. The molecule has 4 rings (SSSR count). The van der Waals surface area contributed by atoms with Crippen LogP contribution in [-0.2, 0) is 16.6 Å². The molecule has 0 N–H and O–H groups in total. The number of rotatable bonds is 7. The zero-order valence-electron chi connectivity index (χ0n) is 19.1. The smallest absolute Gasteiger partial charge is 0.231 e. The van der Waals surface area contributed by atoms with Gasteiger partial charge in [0.05, 0.1) is 17.4 Å². The number of hydrogen-bond acceptors (Lipinski definition) is 2. The molecule has 0 radical (unpaired) electrons. The first-order valence-electron chi connectivity index (χ1n) is 11.3. The van der Waals surface area contributed by atoms with Crippen LogP contribution in [0.15, 0.2) is 91.1 Å². The van der Waals surface area contributed by atoms with Gasteiger partial charge in [0.2, 0.25) is 5.91 Å². The minimum absolute atomic E-state index is 0.0402. The standard InChI is InChI=1S/C29H30N2O/c1-4-28(32)31(26-20-23-12-8-9-13-27(23)30-21-26)25-16-14-24(15-17-25)29(2,3)19-18-22-10-6-5-7-11-22/h5-17,20-21H,4,18-19H2,1-3H3. The van der Waals surface area contributed by atoms with Gasteiger partial charge in [0, 0.05) is 17.5 Å². The zero-order valence-corrected chi connectivity index (χ0v) is 19.1. The highest BCUT2D eigenvalue weighted by Crippen LogP contribution is 2.33. The van der Waals surface area contributed by atoms with Gasteiger partial charge in [0.25, 0.3) is 0 Å². The number of carbonyl (C=O) groups is 1. The van der Waals surface area contributed by atoms with Gasteiger partial charge >= 0.3 is 0 Å². The molecule has 0 bridgehead atoms. The Balaban J connectivity index is 1.59. The molecule has 0 unspecified atom stereocenters. The number of benzene rings is 3. The fraction of sp³-hybridized carbons (Fsp3) is 0.241. The number of pyridine rings is 1. The summed E-state index contributed by atoms with van der Waals surface area (Å²) >= 11 is 0. The molecule has 3 heteroatoms. The van der Waals surface area contributed by atoms with Crippen LogP contribution in [0.1, 0.15) is 44.7 Å². The number of nitrogens with zero attached hydrogens (tertiary/aromatic N) is 2. The molecule has 0 atom stereocenters. The third-order valence-corrected chi connectivity index (χ3v) is 6.17. The van der Waals surface area contributed by atoms with Crippen molar-refractivity contribution in [1.29, 1.82) is 0 Å². The molecule has 3 nitrogen and oxygen atoms in total. The van der Waals surface area contributed by atoms with E-state index in [1.54, 1.807) is 11.1 Å². The number of aryl methyl sites for hydroxylation is 1. The molecule has 3 aromatic carbocycles. The first kappa shape index (κ1) is 21.8. The van der Waals surface area contributed by atoms with E-state index in [4.69, 9.17) is 0 Å². The number of amides is 1.